The fourth-order valence-corrected chi connectivity index (χ4v) is 2.13. The smallest absolute Gasteiger partial charge is 0.105 e. The number of hydrogen-bond acceptors (Lipinski definition) is 3. The Hall–Kier alpha value is -0.590. The summed E-state index contributed by atoms with van der Waals surface area (Å²) in [5.74, 6) is 0. The molecule has 3 nitrogen and oxygen atoms in total. The van der Waals surface area contributed by atoms with E-state index < -0.39 is 5.54 Å². The van der Waals surface area contributed by atoms with Crippen LogP contribution < -0.4 is 5.32 Å². The predicted octanol–water partition coefficient (Wildman–Crippen LogP) is 2.78. The van der Waals surface area contributed by atoms with Crippen molar-refractivity contribution in [2.24, 2.45) is 0 Å². The number of nitrogens with zero attached hydrogens (tertiary/aromatic N) is 2. The largest absolute Gasteiger partial charge is 0.304 e. The molecule has 0 aliphatic rings. The molecule has 0 bridgehead atoms. The Bertz CT molecular complexity index is 234. The molecule has 2 atom stereocenters. The van der Waals surface area contributed by atoms with E-state index in [2.05, 4.69) is 37.2 Å². The van der Waals surface area contributed by atoms with Crippen molar-refractivity contribution in [2.45, 2.75) is 65.0 Å². The maximum Gasteiger partial charge on any atom is 0.105 e. The second kappa shape index (κ2) is 8.49. The Labute approximate surface area is 107 Å². The Balaban J connectivity index is 4.13. The van der Waals surface area contributed by atoms with Crippen LogP contribution in [0.2, 0.25) is 0 Å². The number of hydrogen-bond donors (Lipinski definition) is 1. The molecule has 0 aromatic heterocycles. The lowest BCUT2D eigenvalue weighted by Gasteiger charge is -2.31. The molecule has 0 fully saturated rings. The van der Waals surface area contributed by atoms with E-state index in [4.69, 9.17) is 0 Å². The van der Waals surface area contributed by atoms with Crippen molar-refractivity contribution in [3.63, 3.8) is 0 Å². The van der Waals surface area contributed by atoms with Crippen molar-refractivity contribution in [2.75, 3.05) is 20.1 Å². The highest BCUT2D eigenvalue weighted by Crippen LogP contribution is 2.15. The summed E-state index contributed by atoms with van der Waals surface area (Å²) in [7, 11) is 2.16. The van der Waals surface area contributed by atoms with E-state index in [9.17, 15) is 5.26 Å². The average Bonchev–Trinajstić information content (AvgIpc) is 2.29. The monoisotopic (exact) mass is 239 g/mol. The van der Waals surface area contributed by atoms with Crippen LogP contribution in [0.3, 0.4) is 0 Å². The Morgan fingerprint density at radius 2 is 2.00 bits per heavy atom. The van der Waals surface area contributed by atoms with Gasteiger partial charge in [0.1, 0.15) is 5.54 Å². The zero-order valence-electron chi connectivity index (χ0n) is 12.2. The third kappa shape index (κ3) is 6.65. The van der Waals surface area contributed by atoms with E-state index in [0.717, 1.165) is 19.5 Å². The van der Waals surface area contributed by atoms with E-state index in [1.54, 1.807) is 0 Å². The van der Waals surface area contributed by atoms with Gasteiger partial charge < -0.3 is 4.90 Å². The van der Waals surface area contributed by atoms with Crippen LogP contribution in [-0.4, -0.2) is 36.6 Å². The fraction of sp³-hybridized carbons (Fsp3) is 0.929. The molecule has 0 heterocycles. The first-order valence-electron chi connectivity index (χ1n) is 6.85. The molecule has 0 spiro atoms. The quantitative estimate of drug-likeness (QED) is 0.629. The predicted molar refractivity (Wildman–Crippen MR) is 73.9 cm³/mol. The van der Waals surface area contributed by atoms with Gasteiger partial charge in [-0.3, -0.25) is 5.32 Å². The number of nitriles is 1. The molecule has 0 aliphatic heterocycles. The number of unbranched alkanes of at least 4 members (excludes halogenated alkanes) is 2. The van der Waals surface area contributed by atoms with E-state index in [1.807, 2.05) is 13.8 Å². The topological polar surface area (TPSA) is 39.1 Å². The van der Waals surface area contributed by atoms with E-state index in [0.29, 0.717) is 6.04 Å². The lowest BCUT2D eigenvalue weighted by atomic mass is 9.94. The van der Waals surface area contributed by atoms with Gasteiger partial charge in [0.15, 0.2) is 0 Å². The van der Waals surface area contributed by atoms with Crippen molar-refractivity contribution in [1.82, 2.24) is 10.2 Å². The molecular weight excluding hydrogens is 210 g/mol. The highest BCUT2D eigenvalue weighted by molar-refractivity contribution is 5.05. The second-order valence-corrected chi connectivity index (χ2v) is 5.22. The fourth-order valence-electron chi connectivity index (χ4n) is 2.13. The summed E-state index contributed by atoms with van der Waals surface area (Å²) >= 11 is 0. The lowest BCUT2D eigenvalue weighted by molar-refractivity contribution is 0.210. The third-order valence-electron chi connectivity index (χ3n) is 3.38. The van der Waals surface area contributed by atoms with Gasteiger partial charge >= 0.3 is 0 Å². The molecular formula is C14H29N3. The molecule has 0 aromatic carbocycles. The summed E-state index contributed by atoms with van der Waals surface area (Å²) in [5, 5.41) is 12.5. The van der Waals surface area contributed by atoms with Crippen LogP contribution in [0.1, 0.15) is 53.4 Å². The number of rotatable bonds is 9. The molecule has 3 heteroatoms. The van der Waals surface area contributed by atoms with Gasteiger partial charge in [-0.2, -0.15) is 5.26 Å². The molecule has 17 heavy (non-hydrogen) atoms. The maximum absolute atomic E-state index is 9.23. The summed E-state index contributed by atoms with van der Waals surface area (Å²) in [6.07, 6.45) is 4.68. The molecule has 0 saturated heterocycles. The first kappa shape index (κ1) is 16.4. The molecule has 0 aliphatic carbocycles. The van der Waals surface area contributed by atoms with Gasteiger partial charge in [0, 0.05) is 6.04 Å². The summed E-state index contributed by atoms with van der Waals surface area (Å²) in [6.45, 7) is 10.4. The van der Waals surface area contributed by atoms with E-state index in [-0.39, 0.29) is 0 Å². The summed E-state index contributed by atoms with van der Waals surface area (Å²) < 4.78 is 0. The maximum atomic E-state index is 9.23. The van der Waals surface area contributed by atoms with Crippen LogP contribution in [-0.2, 0) is 0 Å². The molecule has 1 N–H and O–H groups in total. The van der Waals surface area contributed by atoms with Crippen LogP contribution in [0, 0.1) is 11.3 Å². The van der Waals surface area contributed by atoms with Crippen LogP contribution in [0.15, 0.2) is 0 Å². The lowest BCUT2D eigenvalue weighted by Crippen LogP contribution is -2.46. The van der Waals surface area contributed by atoms with E-state index >= 15 is 0 Å². The van der Waals surface area contributed by atoms with Gasteiger partial charge in [-0.1, -0.05) is 26.7 Å². The molecule has 100 valence electrons. The van der Waals surface area contributed by atoms with Gasteiger partial charge in [0.2, 0.25) is 0 Å². The van der Waals surface area contributed by atoms with Gasteiger partial charge in [-0.05, 0) is 46.8 Å². The Morgan fingerprint density at radius 1 is 1.35 bits per heavy atom. The minimum absolute atomic E-state index is 0.396. The number of nitrogens with one attached hydrogen (secondary N) is 1. The van der Waals surface area contributed by atoms with Crippen molar-refractivity contribution in [1.29, 1.82) is 5.26 Å². The standard InChI is InChI=1S/C14H29N3/c1-6-8-9-10-17(5)13(3)11-14(4,12-15)16-7-2/h13,16H,6-11H2,1-5H3. The van der Waals surface area contributed by atoms with Gasteiger partial charge in [0.25, 0.3) is 0 Å². The Morgan fingerprint density at radius 3 is 2.47 bits per heavy atom. The van der Waals surface area contributed by atoms with Crippen LogP contribution in [0.25, 0.3) is 0 Å². The van der Waals surface area contributed by atoms with Crippen molar-refractivity contribution in [3.05, 3.63) is 0 Å². The van der Waals surface area contributed by atoms with Gasteiger partial charge in [-0.15, -0.1) is 0 Å². The summed E-state index contributed by atoms with van der Waals surface area (Å²) in [5.41, 5.74) is -0.396. The highest BCUT2D eigenvalue weighted by Gasteiger charge is 2.26. The average molecular weight is 239 g/mol. The molecule has 0 saturated carbocycles. The van der Waals surface area contributed by atoms with Crippen molar-refractivity contribution >= 4 is 0 Å². The molecule has 0 rings (SSSR count). The first-order valence-corrected chi connectivity index (χ1v) is 6.85. The molecule has 0 amide bonds. The van der Waals surface area contributed by atoms with Crippen LogP contribution >= 0.6 is 0 Å². The summed E-state index contributed by atoms with van der Waals surface area (Å²) in [6, 6.07) is 2.83. The van der Waals surface area contributed by atoms with Crippen LogP contribution in [0.5, 0.6) is 0 Å². The Kier molecular flexibility index (Phi) is 8.20. The van der Waals surface area contributed by atoms with Gasteiger partial charge in [0.05, 0.1) is 6.07 Å². The van der Waals surface area contributed by atoms with Crippen LogP contribution in [0.4, 0.5) is 0 Å². The zero-order valence-corrected chi connectivity index (χ0v) is 12.2. The highest BCUT2D eigenvalue weighted by atomic mass is 15.1. The van der Waals surface area contributed by atoms with Crippen molar-refractivity contribution < 1.29 is 0 Å². The molecule has 2 unspecified atom stereocenters. The second-order valence-electron chi connectivity index (χ2n) is 5.22. The summed E-state index contributed by atoms with van der Waals surface area (Å²) in [4.78, 5) is 2.36. The van der Waals surface area contributed by atoms with E-state index in [1.165, 1.54) is 19.3 Å². The normalized spacial score (nSPS) is 16.5. The molecule has 0 radical (unpaired) electrons. The van der Waals surface area contributed by atoms with Crippen molar-refractivity contribution in [3.8, 4) is 6.07 Å². The first-order chi connectivity index (χ1) is 7.99. The SMILES string of the molecule is CCCCCN(C)C(C)CC(C)(C#N)NCC. The minimum Gasteiger partial charge on any atom is -0.304 e. The third-order valence-corrected chi connectivity index (χ3v) is 3.38. The molecule has 0 aromatic rings. The minimum atomic E-state index is -0.396. The zero-order chi connectivity index (χ0) is 13.3. The van der Waals surface area contributed by atoms with Gasteiger partial charge in [-0.25, -0.2) is 0 Å².